The largest absolute Gasteiger partial charge is 0.480 e. The number of hydrogen-bond acceptors (Lipinski definition) is 4. The van der Waals surface area contributed by atoms with Gasteiger partial charge >= 0.3 is 12.0 Å². The molecule has 1 aliphatic rings. The van der Waals surface area contributed by atoms with Crippen LogP contribution in [-0.2, 0) is 14.6 Å². The monoisotopic (exact) mass is 278 g/mol. The molecule has 2 N–H and O–H groups in total. The summed E-state index contributed by atoms with van der Waals surface area (Å²) in [5.74, 6) is -1.08. The van der Waals surface area contributed by atoms with Gasteiger partial charge in [-0.05, 0) is 12.8 Å². The number of nitrogens with one attached hydrogen (secondary N) is 1. The van der Waals surface area contributed by atoms with Crippen molar-refractivity contribution in [2.75, 3.05) is 18.6 Å². The van der Waals surface area contributed by atoms with Gasteiger partial charge in [-0.2, -0.15) is 0 Å². The van der Waals surface area contributed by atoms with Crippen molar-refractivity contribution in [3.05, 3.63) is 0 Å². The zero-order chi connectivity index (χ0) is 13.9. The predicted molar refractivity (Wildman–Crippen MR) is 65.1 cm³/mol. The second-order valence-electron chi connectivity index (χ2n) is 4.42. The average Bonchev–Trinajstić information content (AvgIpc) is 2.58. The van der Waals surface area contributed by atoms with E-state index in [4.69, 9.17) is 5.11 Å². The van der Waals surface area contributed by atoms with Gasteiger partial charge in [0.1, 0.15) is 6.04 Å². The molecule has 0 bridgehead atoms. The van der Waals surface area contributed by atoms with E-state index in [2.05, 4.69) is 5.32 Å². The summed E-state index contributed by atoms with van der Waals surface area (Å²) < 4.78 is 22.5. The fourth-order valence-electron chi connectivity index (χ4n) is 1.94. The van der Waals surface area contributed by atoms with Crippen LogP contribution in [0.3, 0.4) is 0 Å². The van der Waals surface area contributed by atoms with Gasteiger partial charge in [0, 0.05) is 13.1 Å². The van der Waals surface area contributed by atoms with Crippen LogP contribution in [0.2, 0.25) is 0 Å². The number of carbonyl (C=O) groups is 2. The highest BCUT2D eigenvalue weighted by molar-refractivity contribution is 7.91. The maximum atomic E-state index is 11.8. The minimum Gasteiger partial charge on any atom is -0.480 e. The highest BCUT2D eigenvalue weighted by Gasteiger charge is 2.31. The summed E-state index contributed by atoms with van der Waals surface area (Å²) in [6.45, 7) is 1.67. The number of carboxylic acid groups (broad SMARTS) is 1. The van der Waals surface area contributed by atoms with E-state index in [1.807, 2.05) is 0 Å². The summed E-state index contributed by atoms with van der Waals surface area (Å²) in [6.07, 6.45) is 0.675. The molecule has 0 aliphatic carbocycles. The fourth-order valence-corrected chi connectivity index (χ4v) is 3.61. The van der Waals surface area contributed by atoms with Crippen LogP contribution in [0.1, 0.15) is 19.8 Å². The number of hydrogen-bond donors (Lipinski definition) is 2. The van der Waals surface area contributed by atoms with Crippen LogP contribution in [0, 0.1) is 0 Å². The zero-order valence-corrected chi connectivity index (χ0v) is 11.2. The first-order valence-electron chi connectivity index (χ1n) is 5.73. The van der Waals surface area contributed by atoms with Crippen LogP contribution in [-0.4, -0.2) is 61.1 Å². The molecule has 1 heterocycles. The molecule has 0 aromatic carbocycles. The lowest BCUT2D eigenvalue weighted by Crippen LogP contribution is -2.50. The molecule has 8 heteroatoms. The smallest absolute Gasteiger partial charge is 0.326 e. The summed E-state index contributed by atoms with van der Waals surface area (Å²) in [5, 5.41) is 11.5. The first-order valence-corrected chi connectivity index (χ1v) is 7.55. The standard InChI is InChI=1S/C10H18N2O5S/c1-3-8(9(13)14)12(2)10(15)11-7-4-5-18(16,17)6-7/h7-8H,3-6H2,1-2H3,(H,11,15)(H,13,14). The number of likely N-dealkylation sites (N-methyl/N-ethyl adjacent to an activating group) is 1. The lowest BCUT2D eigenvalue weighted by Gasteiger charge is -2.25. The second-order valence-corrected chi connectivity index (χ2v) is 6.65. The highest BCUT2D eigenvalue weighted by Crippen LogP contribution is 2.12. The first kappa shape index (κ1) is 14.7. The molecule has 1 fully saturated rings. The van der Waals surface area contributed by atoms with E-state index in [0.29, 0.717) is 12.8 Å². The number of aliphatic carboxylic acids is 1. The number of carbonyl (C=O) groups excluding carboxylic acids is 1. The normalized spacial score (nSPS) is 23.3. The maximum absolute atomic E-state index is 11.8. The molecule has 1 rings (SSSR count). The minimum absolute atomic E-state index is 0.0673. The number of rotatable bonds is 4. The molecule has 2 amide bonds. The lowest BCUT2D eigenvalue weighted by atomic mass is 10.2. The minimum atomic E-state index is -3.06. The van der Waals surface area contributed by atoms with E-state index in [-0.39, 0.29) is 11.5 Å². The molecule has 0 spiro atoms. The fraction of sp³-hybridized carbons (Fsp3) is 0.800. The molecule has 18 heavy (non-hydrogen) atoms. The molecule has 0 aromatic heterocycles. The van der Waals surface area contributed by atoms with Crippen LogP contribution in [0.25, 0.3) is 0 Å². The Hall–Kier alpha value is -1.31. The van der Waals surface area contributed by atoms with Gasteiger partial charge in [-0.15, -0.1) is 0 Å². The van der Waals surface area contributed by atoms with Crippen LogP contribution in [0.4, 0.5) is 4.79 Å². The molecule has 0 radical (unpaired) electrons. The third-order valence-electron chi connectivity index (χ3n) is 3.02. The van der Waals surface area contributed by atoms with E-state index < -0.39 is 33.9 Å². The molecule has 2 unspecified atom stereocenters. The lowest BCUT2D eigenvalue weighted by molar-refractivity contribution is -0.141. The number of urea groups is 1. The van der Waals surface area contributed by atoms with Crippen molar-refractivity contribution >= 4 is 21.8 Å². The van der Waals surface area contributed by atoms with Crippen molar-refractivity contribution in [2.45, 2.75) is 31.8 Å². The van der Waals surface area contributed by atoms with Crippen molar-refractivity contribution in [1.82, 2.24) is 10.2 Å². The Balaban J connectivity index is 2.58. The molecular formula is C10H18N2O5S. The average molecular weight is 278 g/mol. The van der Waals surface area contributed by atoms with E-state index in [1.165, 1.54) is 7.05 Å². The van der Waals surface area contributed by atoms with Gasteiger partial charge in [0.2, 0.25) is 0 Å². The molecule has 1 aliphatic heterocycles. The summed E-state index contributed by atoms with van der Waals surface area (Å²) in [7, 11) is -1.67. The van der Waals surface area contributed by atoms with Crippen LogP contribution in [0.15, 0.2) is 0 Å². The molecule has 0 saturated carbocycles. The Labute approximate surface area is 106 Å². The van der Waals surface area contributed by atoms with Crippen LogP contribution < -0.4 is 5.32 Å². The number of nitrogens with zero attached hydrogens (tertiary/aromatic N) is 1. The molecular weight excluding hydrogens is 260 g/mol. The number of carboxylic acids is 1. The molecule has 2 atom stereocenters. The van der Waals surface area contributed by atoms with Gasteiger partial charge in [0.15, 0.2) is 9.84 Å². The quantitative estimate of drug-likeness (QED) is 0.733. The Kier molecular flexibility index (Phi) is 4.55. The third kappa shape index (κ3) is 3.59. The third-order valence-corrected chi connectivity index (χ3v) is 4.79. The van der Waals surface area contributed by atoms with Crippen molar-refractivity contribution in [2.24, 2.45) is 0 Å². The molecule has 1 saturated heterocycles. The molecule has 0 aromatic rings. The summed E-state index contributed by atoms with van der Waals surface area (Å²) >= 11 is 0. The van der Waals surface area contributed by atoms with E-state index in [9.17, 15) is 18.0 Å². The van der Waals surface area contributed by atoms with Crippen molar-refractivity contribution in [3.8, 4) is 0 Å². The zero-order valence-electron chi connectivity index (χ0n) is 10.4. The second kappa shape index (κ2) is 5.55. The summed E-state index contributed by atoms with van der Waals surface area (Å²) in [6, 6.07) is -1.87. The van der Waals surface area contributed by atoms with Crippen molar-refractivity contribution in [1.29, 1.82) is 0 Å². The summed E-state index contributed by atoms with van der Waals surface area (Å²) in [4.78, 5) is 23.8. The Morgan fingerprint density at radius 1 is 1.50 bits per heavy atom. The van der Waals surface area contributed by atoms with Gasteiger partial charge < -0.3 is 15.3 Å². The van der Waals surface area contributed by atoms with Gasteiger partial charge in [0.25, 0.3) is 0 Å². The van der Waals surface area contributed by atoms with Gasteiger partial charge in [-0.25, -0.2) is 18.0 Å². The van der Waals surface area contributed by atoms with E-state index >= 15 is 0 Å². The van der Waals surface area contributed by atoms with Crippen LogP contribution >= 0.6 is 0 Å². The van der Waals surface area contributed by atoms with Crippen molar-refractivity contribution < 1.29 is 23.1 Å². The molecule has 104 valence electrons. The first-order chi connectivity index (χ1) is 8.26. The van der Waals surface area contributed by atoms with E-state index in [0.717, 1.165) is 4.90 Å². The Bertz CT molecular complexity index is 434. The Morgan fingerprint density at radius 2 is 2.11 bits per heavy atom. The van der Waals surface area contributed by atoms with Crippen LogP contribution in [0.5, 0.6) is 0 Å². The predicted octanol–water partition coefficient (Wildman–Crippen LogP) is -0.322. The van der Waals surface area contributed by atoms with Gasteiger partial charge in [-0.1, -0.05) is 6.92 Å². The highest BCUT2D eigenvalue weighted by atomic mass is 32.2. The topological polar surface area (TPSA) is 104 Å². The van der Waals surface area contributed by atoms with Crippen molar-refractivity contribution in [3.63, 3.8) is 0 Å². The number of amides is 2. The van der Waals surface area contributed by atoms with E-state index in [1.54, 1.807) is 6.92 Å². The van der Waals surface area contributed by atoms with Gasteiger partial charge in [-0.3, -0.25) is 0 Å². The van der Waals surface area contributed by atoms with Gasteiger partial charge in [0.05, 0.1) is 11.5 Å². The SMILES string of the molecule is CCC(C(=O)O)N(C)C(=O)NC1CCS(=O)(=O)C1. The maximum Gasteiger partial charge on any atom is 0.326 e. The summed E-state index contributed by atoms with van der Waals surface area (Å²) in [5.41, 5.74) is 0. The number of sulfone groups is 1. The molecule has 7 nitrogen and oxygen atoms in total. The Morgan fingerprint density at radius 3 is 2.50 bits per heavy atom.